The van der Waals surface area contributed by atoms with E-state index in [-0.39, 0.29) is 0 Å². The molecule has 19 heavy (non-hydrogen) atoms. The van der Waals surface area contributed by atoms with Crippen LogP contribution >= 0.6 is 0 Å². The molecule has 0 radical (unpaired) electrons. The Balaban J connectivity index is 1.68. The molecule has 0 aliphatic heterocycles. The molecule has 0 amide bonds. The predicted molar refractivity (Wildman–Crippen MR) is 76.6 cm³/mol. The largest absolute Gasteiger partial charge is 0.247 e. The van der Waals surface area contributed by atoms with Crippen molar-refractivity contribution >= 4 is 0 Å². The molecule has 6 unspecified atom stereocenters. The summed E-state index contributed by atoms with van der Waals surface area (Å²) in [6, 6.07) is 0. The summed E-state index contributed by atoms with van der Waals surface area (Å²) in [6.07, 6.45) is 13.2. The van der Waals surface area contributed by atoms with E-state index in [1.165, 1.54) is 51.4 Å². The fourth-order valence-electron chi connectivity index (χ4n) is 6.33. The summed E-state index contributed by atoms with van der Waals surface area (Å²) in [5, 5.41) is 0. The molecule has 4 rings (SSSR count). The molecule has 0 aromatic heterocycles. The van der Waals surface area contributed by atoms with Gasteiger partial charge in [-0.25, -0.2) is 4.39 Å². The minimum absolute atomic E-state index is 0.344. The zero-order chi connectivity index (χ0) is 13.0. The summed E-state index contributed by atoms with van der Waals surface area (Å²) in [6.45, 7) is 2.39. The second-order valence-electron chi connectivity index (χ2n) is 7.97. The standard InChI is InChI=1S/C18H27F/c1-18-10-4-7-15(18)14-9-8-12-5-2-3-6-13(12)17(14)16(19)11-18/h5,13-17H,2-4,6-11H2,1H3. The van der Waals surface area contributed by atoms with Crippen LogP contribution in [0.3, 0.4) is 0 Å². The average Bonchev–Trinajstić information content (AvgIpc) is 2.79. The van der Waals surface area contributed by atoms with Crippen molar-refractivity contribution in [2.45, 2.75) is 70.9 Å². The molecule has 0 N–H and O–H groups in total. The highest BCUT2D eigenvalue weighted by atomic mass is 19.1. The van der Waals surface area contributed by atoms with Crippen LogP contribution in [-0.2, 0) is 0 Å². The summed E-state index contributed by atoms with van der Waals surface area (Å²) in [4.78, 5) is 0. The Morgan fingerprint density at radius 2 is 2.11 bits per heavy atom. The maximum Gasteiger partial charge on any atom is 0.104 e. The quantitative estimate of drug-likeness (QED) is 0.520. The van der Waals surface area contributed by atoms with Gasteiger partial charge in [-0.3, -0.25) is 0 Å². The smallest absolute Gasteiger partial charge is 0.104 e. The van der Waals surface area contributed by atoms with Gasteiger partial charge < -0.3 is 0 Å². The van der Waals surface area contributed by atoms with E-state index in [4.69, 9.17) is 0 Å². The highest BCUT2D eigenvalue weighted by Crippen LogP contribution is 2.62. The third kappa shape index (κ3) is 1.76. The highest BCUT2D eigenvalue weighted by Gasteiger charge is 2.56. The van der Waals surface area contributed by atoms with E-state index in [0.29, 0.717) is 23.2 Å². The van der Waals surface area contributed by atoms with Gasteiger partial charge in [-0.1, -0.05) is 25.0 Å². The first-order chi connectivity index (χ1) is 9.19. The molecule has 0 aromatic carbocycles. The molecule has 4 aliphatic carbocycles. The number of fused-ring (bicyclic) bond motifs is 5. The van der Waals surface area contributed by atoms with E-state index < -0.39 is 6.17 Å². The van der Waals surface area contributed by atoms with Gasteiger partial charge in [0.2, 0.25) is 0 Å². The summed E-state index contributed by atoms with van der Waals surface area (Å²) in [7, 11) is 0. The molecule has 3 fully saturated rings. The number of halogens is 1. The van der Waals surface area contributed by atoms with Gasteiger partial charge in [-0.05, 0) is 80.5 Å². The van der Waals surface area contributed by atoms with E-state index in [1.54, 1.807) is 5.57 Å². The molecule has 0 heterocycles. The Bertz CT molecular complexity index is 398. The molecular formula is C18H27F. The molecule has 4 aliphatic rings. The second-order valence-corrected chi connectivity index (χ2v) is 7.97. The SMILES string of the molecule is CC12CCCC1C1CCC3=CCCCC3C1C(F)C2. The molecule has 1 heteroatoms. The van der Waals surface area contributed by atoms with Gasteiger partial charge >= 0.3 is 0 Å². The van der Waals surface area contributed by atoms with Gasteiger partial charge in [-0.2, -0.15) is 0 Å². The maximum absolute atomic E-state index is 14.9. The molecule has 106 valence electrons. The molecule has 0 aromatic rings. The van der Waals surface area contributed by atoms with Crippen LogP contribution in [0, 0.1) is 29.1 Å². The number of rotatable bonds is 0. The Kier molecular flexibility index (Phi) is 2.83. The molecular weight excluding hydrogens is 235 g/mol. The Labute approximate surface area is 116 Å². The van der Waals surface area contributed by atoms with E-state index in [1.807, 2.05) is 0 Å². The topological polar surface area (TPSA) is 0 Å². The van der Waals surface area contributed by atoms with Gasteiger partial charge in [0.15, 0.2) is 0 Å². The van der Waals surface area contributed by atoms with Gasteiger partial charge in [0.05, 0.1) is 0 Å². The van der Waals surface area contributed by atoms with Crippen molar-refractivity contribution < 1.29 is 4.39 Å². The lowest BCUT2D eigenvalue weighted by molar-refractivity contribution is -0.0579. The molecule has 6 atom stereocenters. The van der Waals surface area contributed by atoms with Crippen molar-refractivity contribution in [1.82, 2.24) is 0 Å². The van der Waals surface area contributed by atoms with Crippen molar-refractivity contribution in [3.8, 4) is 0 Å². The first kappa shape index (κ1) is 12.4. The summed E-state index contributed by atoms with van der Waals surface area (Å²) < 4.78 is 14.9. The van der Waals surface area contributed by atoms with Gasteiger partial charge in [0.1, 0.15) is 6.17 Å². The fraction of sp³-hybridized carbons (Fsp3) is 0.889. The van der Waals surface area contributed by atoms with E-state index in [2.05, 4.69) is 13.0 Å². The Morgan fingerprint density at radius 3 is 3.00 bits per heavy atom. The summed E-state index contributed by atoms with van der Waals surface area (Å²) >= 11 is 0. The minimum Gasteiger partial charge on any atom is -0.247 e. The Morgan fingerprint density at radius 1 is 1.21 bits per heavy atom. The lowest BCUT2D eigenvalue weighted by Gasteiger charge is -2.54. The average molecular weight is 262 g/mol. The zero-order valence-electron chi connectivity index (χ0n) is 12.2. The number of hydrogen-bond acceptors (Lipinski definition) is 0. The molecule has 0 saturated heterocycles. The lowest BCUT2D eigenvalue weighted by atomic mass is 9.52. The van der Waals surface area contributed by atoms with Gasteiger partial charge in [0, 0.05) is 0 Å². The normalized spacial score (nSPS) is 52.9. The van der Waals surface area contributed by atoms with E-state index in [0.717, 1.165) is 12.3 Å². The molecule has 3 saturated carbocycles. The molecule has 0 nitrogen and oxygen atoms in total. The van der Waals surface area contributed by atoms with Crippen molar-refractivity contribution in [3.05, 3.63) is 11.6 Å². The van der Waals surface area contributed by atoms with Crippen LogP contribution in [0.1, 0.15) is 64.7 Å². The molecule has 0 spiro atoms. The van der Waals surface area contributed by atoms with E-state index in [9.17, 15) is 4.39 Å². The predicted octanol–water partition coefficient (Wildman–Crippen LogP) is 5.29. The summed E-state index contributed by atoms with van der Waals surface area (Å²) in [5.41, 5.74) is 1.98. The van der Waals surface area contributed by atoms with Gasteiger partial charge in [-0.15, -0.1) is 0 Å². The van der Waals surface area contributed by atoms with Crippen LogP contribution in [0.15, 0.2) is 11.6 Å². The maximum atomic E-state index is 14.9. The monoisotopic (exact) mass is 262 g/mol. The van der Waals surface area contributed by atoms with Crippen LogP contribution in [0.4, 0.5) is 4.39 Å². The third-order valence-corrected chi connectivity index (χ3v) is 7.08. The van der Waals surface area contributed by atoms with Gasteiger partial charge in [0.25, 0.3) is 0 Å². The van der Waals surface area contributed by atoms with Crippen LogP contribution < -0.4 is 0 Å². The highest BCUT2D eigenvalue weighted by molar-refractivity contribution is 5.19. The van der Waals surface area contributed by atoms with Crippen molar-refractivity contribution in [2.24, 2.45) is 29.1 Å². The van der Waals surface area contributed by atoms with Crippen molar-refractivity contribution in [3.63, 3.8) is 0 Å². The van der Waals surface area contributed by atoms with Crippen molar-refractivity contribution in [1.29, 1.82) is 0 Å². The van der Waals surface area contributed by atoms with Crippen LogP contribution in [0.25, 0.3) is 0 Å². The van der Waals surface area contributed by atoms with Crippen LogP contribution in [-0.4, -0.2) is 6.17 Å². The third-order valence-electron chi connectivity index (χ3n) is 7.08. The Hall–Kier alpha value is -0.330. The zero-order valence-corrected chi connectivity index (χ0v) is 12.2. The number of alkyl halides is 1. The fourth-order valence-corrected chi connectivity index (χ4v) is 6.33. The van der Waals surface area contributed by atoms with Crippen LogP contribution in [0.5, 0.6) is 0 Å². The second kappa shape index (κ2) is 4.33. The van der Waals surface area contributed by atoms with Crippen molar-refractivity contribution in [2.75, 3.05) is 0 Å². The summed E-state index contributed by atoms with van der Waals surface area (Å²) in [5.74, 6) is 2.55. The first-order valence-electron chi connectivity index (χ1n) is 8.52. The number of hydrogen-bond donors (Lipinski definition) is 0. The van der Waals surface area contributed by atoms with Crippen LogP contribution in [0.2, 0.25) is 0 Å². The molecule has 0 bridgehead atoms. The number of allylic oxidation sites excluding steroid dienone is 2. The lowest BCUT2D eigenvalue weighted by Crippen LogP contribution is -2.49. The first-order valence-corrected chi connectivity index (χ1v) is 8.52. The van der Waals surface area contributed by atoms with E-state index >= 15 is 0 Å². The minimum atomic E-state index is -0.517.